The van der Waals surface area contributed by atoms with E-state index in [1.54, 1.807) is 59.5 Å². The summed E-state index contributed by atoms with van der Waals surface area (Å²) in [6.07, 6.45) is 0. The fraction of sp³-hybridized carbons (Fsp3) is 0.185. The zero-order chi connectivity index (χ0) is 24.6. The van der Waals surface area contributed by atoms with Gasteiger partial charge < -0.3 is 10.0 Å². The largest absolute Gasteiger partial charge is 0.508 e. The minimum Gasteiger partial charge on any atom is -0.508 e. The fourth-order valence-corrected chi connectivity index (χ4v) is 5.72. The summed E-state index contributed by atoms with van der Waals surface area (Å²) in [6, 6.07) is 22.7. The third-order valence-electron chi connectivity index (χ3n) is 6.29. The highest BCUT2D eigenvalue weighted by atomic mass is 32.2. The molecular weight excluding hydrogens is 462 g/mol. The van der Waals surface area contributed by atoms with Crippen LogP contribution in [0.25, 0.3) is 22.2 Å². The van der Waals surface area contributed by atoms with Gasteiger partial charge in [-0.3, -0.25) is 4.79 Å². The van der Waals surface area contributed by atoms with Gasteiger partial charge in [-0.05, 0) is 55.5 Å². The minimum atomic E-state index is -3.61. The summed E-state index contributed by atoms with van der Waals surface area (Å²) in [6.45, 7) is 2.98. The van der Waals surface area contributed by atoms with Crippen LogP contribution in [0, 0.1) is 6.92 Å². The summed E-state index contributed by atoms with van der Waals surface area (Å²) >= 11 is 0. The van der Waals surface area contributed by atoms with Gasteiger partial charge in [-0.1, -0.05) is 35.9 Å². The van der Waals surface area contributed by atoms with E-state index in [9.17, 15) is 18.3 Å². The highest BCUT2D eigenvalue weighted by Crippen LogP contribution is 2.28. The topological polar surface area (TPSA) is 90.8 Å². The van der Waals surface area contributed by atoms with Crippen molar-refractivity contribution in [2.24, 2.45) is 0 Å². The number of phenols is 1. The Balaban J connectivity index is 1.41. The summed E-state index contributed by atoms with van der Waals surface area (Å²) in [5.41, 5.74) is 3.63. The van der Waals surface area contributed by atoms with Crippen LogP contribution in [0.2, 0.25) is 0 Å². The molecule has 1 aromatic heterocycles. The molecule has 1 fully saturated rings. The lowest BCUT2D eigenvalue weighted by molar-refractivity contribution is 0.0700. The number of hydrogen-bond donors (Lipinski definition) is 1. The van der Waals surface area contributed by atoms with E-state index in [0.717, 1.165) is 16.5 Å². The van der Waals surface area contributed by atoms with E-state index < -0.39 is 10.0 Å². The first-order valence-electron chi connectivity index (χ1n) is 11.4. The van der Waals surface area contributed by atoms with Crippen molar-refractivity contribution in [3.05, 3.63) is 90.0 Å². The SMILES string of the molecule is Cc1ccc(S(=O)(=O)N2CCN(C(=O)c3cc(-c4ccc(O)cc4)nc4ccccc34)CC2)cc1. The van der Waals surface area contributed by atoms with Crippen LogP contribution < -0.4 is 0 Å². The molecule has 35 heavy (non-hydrogen) atoms. The van der Waals surface area contributed by atoms with Gasteiger partial charge in [-0.15, -0.1) is 0 Å². The molecule has 178 valence electrons. The summed E-state index contributed by atoms with van der Waals surface area (Å²) in [4.78, 5) is 20.3. The van der Waals surface area contributed by atoms with Gasteiger partial charge in [0.2, 0.25) is 10.0 Å². The maximum Gasteiger partial charge on any atom is 0.254 e. The molecule has 0 radical (unpaired) electrons. The quantitative estimate of drug-likeness (QED) is 0.469. The molecule has 0 spiro atoms. The van der Waals surface area contributed by atoms with Gasteiger partial charge >= 0.3 is 0 Å². The van der Waals surface area contributed by atoms with Gasteiger partial charge in [-0.25, -0.2) is 13.4 Å². The Morgan fingerprint density at radius 2 is 1.54 bits per heavy atom. The van der Waals surface area contributed by atoms with Gasteiger partial charge in [-0.2, -0.15) is 4.31 Å². The van der Waals surface area contributed by atoms with Gasteiger partial charge in [0.25, 0.3) is 5.91 Å². The van der Waals surface area contributed by atoms with Crippen molar-refractivity contribution in [3.63, 3.8) is 0 Å². The highest BCUT2D eigenvalue weighted by Gasteiger charge is 2.31. The Bertz CT molecular complexity index is 1490. The number of benzene rings is 3. The predicted molar refractivity (Wildman–Crippen MR) is 135 cm³/mol. The number of aromatic hydroxyl groups is 1. The molecule has 5 rings (SSSR count). The summed E-state index contributed by atoms with van der Waals surface area (Å²) in [7, 11) is -3.61. The third-order valence-corrected chi connectivity index (χ3v) is 8.21. The lowest BCUT2D eigenvalue weighted by Gasteiger charge is -2.34. The number of phenolic OH excluding ortho intramolecular Hbond substituents is 1. The number of carbonyl (C=O) groups is 1. The molecule has 1 aliphatic heterocycles. The highest BCUT2D eigenvalue weighted by molar-refractivity contribution is 7.89. The Hall–Kier alpha value is -3.75. The number of fused-ring (bicyclic) bond motifs is 1. The van der Waals surface area contributed by atoms with Crippen molar-refractivity contribution >= 4 is 26.8 Å². The number of hydrogen-bond acceptors (Lipinski definition) is 5. The maximum absolute atomic E-state index is 13.6. The van der Waals surface area contributed by atoms with Crippen molar-refractivity contribution in [1.29, 1.82) is 0 Å². The molecule has 4 aromatic rings. The molecule has 1 N–H and O–H groups in total. The van der Waals surface area contributed by atoms with Crippen molar-refractivity contribution in [2.75, 3.05) is 26.2 Å². The second-order valence-corrected chi connectivity index (χ2v) is 10.6. The van der Waals surface area contributed by atoms with Crippen LogP contribution in [0.15, 0.2) is 83.8 Å². The average molecular weight is 488 g/mol. The van der Waals surface area contributed by atoms with E-state index in [-0.39, 0.29) is 29.6 Å². The van der Waals surface area contributed by atoms with E-state index in [0.29, 0.717) is 29.9 Å². The van der Waals surface area contributed by atoms with Crippen molar-refractivity contribution in [2.45, 2.75) is 11.8 Å². The van der Waals surface area contributed by atoms with Crippen LogP contribution in [0.4, 0.5) is 0 Å². The molecule has 0 atom stereocenters. The Morgan fingerprint density at radius 3 is 2.23 bits per heavy atom. The van der Waals surface area contributed by atoms with E-state index in [1.807, 2.05) is 31.2 Å². The zero-order valence-corrected chi connectivity index (χ0v) is 20.1. The monoisotopic (exact) mass is 487 g/mol. The molecule has 1 saturated heterocycles. The molecule has 0 aliphatic carbocycles. The molecule has 0 unspecified atom stereocenters. The average Bonchev–Trinajstić information content (AvgIpc) is 2.88. The molecule has 8 heteroatoms. The Labute approximate surface area is 204 Å². The van der Waals surface area contributed by atoms with Gasteiger partial charge in [0.15, 0.2) is 0 Å². The third kappa shape index (κ3) is 4.50. The first kappa shape index (κ1) is 23.0. The second kappa shape index (κ2) is 9.13. The number of pyridine rings is 1. The predicted octanol–water partition coefficient (Wildman–Crippen LogP) is 4.06. The van der Waals surface area contributed by atoms with Crippen molar-refractivity contribution < 1.29 is 18.3 Å². The van der Waals surface area contributed by atoms with Gasteiger partial charge in [0.05, 0.1) is 21.7 Å². The molecule has 0 bridgehead atoms. The van der Waals surface area contributed by atoms with E-state index in [4.69, 9.17) is 4.98 Å². The molecule has 7 nitrogen and oxygen atoms in total. The molecule has 3 aromatic carbocycles. The first-order chi connectivity index (χ1) is 16.8. The number of carbonyl (C=O) groups excluding carboxylic acids is 1. The lowest BCUT2D eigenvalue weighted by Crippen LogP contribution is -2.50. The van der Waals surface area contributed by atoms with Crippen LogP contribution >= 0.6 is 0 Å². The molecule has 2 heterocycles. The second-order valence-electron chi connectivity index (χ2n) is 8.63. The lowest BCUT2D eigenvalue weighted by atomic mass is 10.0. The minimum absolute atomic E-state index is 0.156. The van der Waals surface area contributed by atoms with Crippen molar-refractivity contribution in [1.82, 2.24) is 14.2 Å². The van der Waals surface area contributed by atoms with Crippen LogP contribution in [0.5, 0.6) is 5.75 Å². The standard InChI is InChI=1S/C27H25N3O4S/c1-19-6-12-22(13-7-19)35(33,34)30-16-14-29(15-17-30)27(32)24-18-26(20-8-10-21(31)11-9-20)28-25-5-3-2-4-23(24)25/h2-13,18,31H,14-17H2,1H3. The normalized spacial score (nSPS) is 14.8. The van der Waals surface area contributed by atoms with Gasteiger partial charge in [0, 0.05) is 37.1 Å². The van der Waals surface area contributed by atoms with E-state index >= 15 is 0 Å². The van der Waals surface area contributed by atoms with Crippen molar-refractivity contribution in [3.8, 4) is 17.0 Å². The van der Waals surface area contributed by atoms with Gasteiger partial charge in [0.1, 0.15) is 5.75 Å². The summed E-state index contributed by atoms with van der Waals surface area (Å²) in [5, 5.41) is 10.4. The molecular formula is C27H25N3O4S. The van der Waals surface area contributed by atoms with Crippen LogP contribution in [-0.2, 0) is 10.0 Å². The summed E-state index contributed by atoms with van der Waals surface area (Å²) in [5.74, 6) is 0.000289. The first-order valence-corrected chi connectivity index (χ1v) is 12.8. The summed E-state index contributed by atoms with van der Waals surface area (Å²) < 4.78 is 27.5. The van der Waals surface area contributed by atoms with Crippen LogP contribution in [0.3, 0.4) is 0 Å². The number of amides is 1. The maximum atomic E-state index is 13.6. The van der Waals surface area contributed by atoms with Crippen LogP contribution in [0.1, 0.15) is 15.9 Å². The van der Waals surface area contributed by atoms with Crippen LogP contribution in [-0.4, -0.2) is 59.8 Å². The number of aromatic nitrogens is 1. The molecule has 1 amide bonds. The van der Waals surface area contributed by atoms with E-state index in [1.165, 1.54) is 4.31 Å². The number of para-hydroxylation sites is 1. The number of nitrogens with zero attached hydrogens (tertiary/aromatic N) is 3. The van der Waals surface area contributed by atoms with E-state index in [2.05, 4.69) is 0 Å². The Morgan fingerprint density at radius 1 is 0.886 bits per heavy atom. The number of aryl methyl sites for hydroxylation is 1. The number of piperazine rings is 1. The molecule has 1 aliphatic rings. The zero-order valence-electron chi connectivity index (χ0n) is 19.3. The smallest absolute Gasteiger partial charge is 0.254 e. The Kier molecular flexibility index (Phi) is 6.00. The fourth-order valence-electron chi connectivity index (χ4n) is 4.29. The number of rotatable bonds is 4. The molecule has 0 saturated carbocycles. The number of sulfonamides is 1.